The van der Waals surface area contributed by atoms with Crippen LogP contribution in [0.4, 0.5) is 0 Å². The zero-order valence-corrected chi connectivity index (χ0v) is 7.47. The largest absolute Gasteiger partial charge is 0.0996 e. The Bertz CT molecular complexity index is 169. The van der Waals surface area contributed by atoms with Gasteiger partial charge in [-0.2, -0.15) is 0 Å². The Labute approximate surface area is 69.7 Å². The zero-order chi connectivity index (χ0) is 7.84. The van der Waals surface area contributed by atoms with Crippen LogP contribution < -0.4 is 0 Å². The topological polar surface area (TPSA) is 0 Å². The lowest BCUT2D eigenvalue weighted by Gasteiger charge is -2.31. The minimum absolute atomic E-state index is 0.916. The first-order valence-corrected chi connectivity index (χ1v) is 4.96. The Kier molecular flexibility index (Phi) is 1.78. The maximum atomic E-state index is 4.17. The quantitative estimate of drug-likeness (QED) is 0.464. The fourth-order valence-electron chi connectivity index (χ4n) is 3.01. The predicted octanol–water partition coefficient (Wildman–Crippen LogP) is 3.39. The van der Waals surface area contributed by atoms with Gasteiger partial charge in [0.15, 0.2) is 0 Å². The number of rotatable bonds is 0. The van der Waals surface area contributed by atoms with Crippen molar-refractivity contribution < 1.29 is 0 Å². The third-order valence-electron chi connectivity index (χ3n) is 3.75. The van der Waals surface area contributed by atoms with E-state index in [0.717, 1.165) is 17.8 Å². The van der Waals surface area contributed by atoms with E-state index in [4.69, 9.17) is 0 Å². The molecular weight excluding hydrogens is 132 g/mol. The summed E-state index contributed by atoms with van der Waals surface area (Å²) >= 11 is 0. The molecule has 2 rings (SSSR count). The van der Waals surface area contributed by atoms with Gasteiger partial charge >= 0.3 is 0 Å². The lowest BCUT2D eigenvalue weighted by Crippen LogP contribution is -2.22. The van der Waals surface area contributed by atoms with Crippen molar-refractivity contribution in [2.75, 3.05) is 0 Å². The van der Waals surface area contributed by atoms with Crippen LogP contribution in [0.1, 0.15) is 39.0 Å². The predicted molar refractivity (Wildman–Crippen MR) is 48.4 cm³/mol. The van der Waals surface area contributed by atoms with Crippen molar-refractivity contribution in [1.29, 1.82) is 0 Å². The Balaban J connectivity index is 2.12. The molecule has 0 radical (unpaired) electrons. The smallest absolute Gasteiger partial charge is 0.0175 e. The van der Waals surface area contributed by atoms with Gasteiger partial charge < -0.3 is 0 Å². The SMILES string of the molecule is C=C1CCC2C(C)CCCC12. The molecule has 2 fully saturated rings. The molecule has 0 heterocycles. The van der Waals surface area contributed by atoms with Gasteiger partial charge in [0.05, 0.1) is 0 Å². The molecule has 3 atom stereocenters. The summed E-state index contributed by atoms with van der Waals surface area (Å²) in [6.07, 6.45) is 7.11. The number of fused-ring (bicyclic) bond motifs is 1. The van der Waals surface area contributed by atoms with Crippen LogP contribution in [0.5, 0.6) is 0 Å². The van der Waals surface area contributed by atoms with E-state index in [-0.39, 0.29) is 0 Å². The highest BCUT2D eigenvalue weighted by atomic mass is 14.4. The highest BCUT2D eigenvalue weighted by Gasteiger charge is 2.36. The first-order chi connectivity index (χ1) is 5.29. The highest BCUT2D eigenvalue weighted by molar-refractivity contribution is 5.10. The van der Waals surface area contributed by atoms with Crippen molar-refractivity contribution in [2.45, 2.75) is 39.0 Å². The summed E-state index contributed by atoms with van der Waals surface area (Å²) < 4.78 is 0. The third kappa shape index (κ3) is 1.13. The summed E-state index contributed by atoms with van der Waals surface area (Å²) in [5, 5.41) is 0. The van der Waals surface area contributed by atoms with Gasteiger partial charge in [0.1, 0.15) is 0 Å². The first kappa shape index (κ1) is 7.39. The molecule has 0 nitrogen and oxygen atoms in total. The monoisotopic (exact) mass is 150 g/mol. The van der Waals surface area contributed by atoms with Gasteiger partial charge in [0.2, 0.25) is 0 Å². The lowest BCUT2D eigenvalue weighted by atomic mass is 9.74. The van der Waals surface area contributed by atoms with Crippen LogP contribution in [0.25, 0.3) is 0 Å². The summed E-state index contributed by atoms with van der Waals surface area (Å²) in [6.45, 7) is 6.60. The molecule has 0 N–H and O–H groups in total. The highest BCUT2D eigenvalue weighted by Crippen LogP contribution is 2.47. The van der Waals surface area contributed by atoms with Gasteiger partial charge in [-0.1, -0.05) is 31.9 Å². The molecule has 0 bridgehead atoms. The van der Waals surface area contributed by atoms with Crippen LogP contribution in [0, 0.1) is 17.8 Å². The minimum Gasteiger partial charge on any atom is -0.0996 e. The fourth-order valence-corrected chi connectivity index (χ4v) is 3.01. The van der Waals surface area contributed by atoms with E-state index in [2.05, 4.69) is 13.5 Å². The molecule has 0 saturated heterocycles. The van der Waals surface area contributed by atoms with Crippen molar-refractivity contribution in [3.63, 3.8) is 0 Å². The maximum absolute atomic E-state index is 4.17. The van der Waals surface area contributed by atoms with Crippen molar-refractivity contribution in [3.05, 3.63) is 12.2 Å². The zero-order valence-electron chi connectivity index (χ0n) is 7.47. The van der Waals surface area contributed by atoms with Crippen LogP contribution in [0.3, 0.4) is 0 Å². The average Bonchev–Trinajstić information content (AvgIpc) is 2.35. The van der Waals surface area contributed by atoms with E-state index >= 15 is 0 Å². The standard InChI is InChI=1S/C11H18/c1-8-4-3-5-10-9(2)6-7-11(8)10/h8,10-11H,2-7H2,1H3. The molecule has 2 aliphatic carbocycles. The minimum atomic E-state index is 0.916. The van der Waals surface area contributed by atoms with Crippen LogP contribution in [0.2, 0.25) is 0 Å². The Morgan fingerprint density at radius 3 is 2.82 bits per heavy atom. The molecule has 2 saturated carbocycles. The lowest BCUT2D eigenvalue weighted by molar-refractivity contribution is 0.214. The van der Waals surface area contributed by atoms with E-state index in [0.29, 0.717) is 0 Å². The van der Waals surface area contributed by atoms with E-state index in [1.165, 1.54) is 32.1 Å². The normalized spacial score (nSPS) is 44.1. The molecule has 11 heavy (non-hydrogen) atoms. The van der Waals surface area contributed by atoms with Crippen LogP contribution >= 0.6 is 0 Å². The third-order valence-corrected chi connectivity index (χ3v) is 3.75. The van der Waals surface area contributed by atoms with Crippen molar-refractivity contribution >= 4 is 0 Å². The average molecular weight is 150 g/mol. The van der Waals surface area contributed by atoms with E-state index in [1.807, 2.05) is 0 Å². The van der Waals surface area contributed by atoms with E-state index in [1.54, 1.807) is 5.57 Å². The molecule has 62 valence electrons. The van der Waals surface area contributed by atoms with Crippen LogP contribution in [-0.4, -0.2) is 0 Å². The number of hydrogen-bond acceptors (Lipinski definition) is 0. The molecule has 3 unspecified atom stereocenters. The van der Waals surface area contributed by atoms with Gasteiger partial charge in [-0.3, -0.25) is 0 Å². The summed E-state index contributed by atoms with van der Waals surface area (Å²) in [6, 6.07) is 0. The Morgan fingerprint density at radius 2 is 2.09 bits per heavy atom. The van der Waals surface area contributed by atoms with Gasteiger partial charge in [0, 0.05) is 0 Å². The molecule has 0 aromatic carbocycles. The summed E-state index contributed by atoms with van der Waals surface area (Å²) in [5.74, 6) is 2.91. The first-order valence-electron chi connectivity index (χ1n) is 4.96. The van der Waals surface area contributed by atoms with Gasteiger partial charge in [-0.25, -0.2) is 0 Å². The summed E-state index contributed by atoms with van der Waals surface area (Å²) in [4.78, 5) is 0. The molecule has 2 aliphatic rings. The van der Waals surface area contributed by atoms with Crippen LogP contribution in [0.15, 0.2) is 12.2 Å². The summed E-state index contributed by atoms with van der Waals surface area (Å²) in [5.41, 5.74) is 1.56. The maximum Gasteiger partial charge on any atom is -0.0175 e. The second-order valence-corrected chi connectivity index (χ2v) is 4.38. The molecule has 0 amide bonds. The second-order valence-electron chi connectivity index (χ2n) is 4.38. The molecule has 0 spiro atoms. The number of hydrogen-bond donors (Lipinski definition) is 0. The van der Waals surface area contributed by atoms with Gasteiger partial charge in [-0.15, -0.1) is 0 Å². The van der Waals surface area contributed by atoms with Crippen molar-refractivity contribution in [1.82, 2.24) is 0 Å². The van der Waals surface area contributed by atoms with Gasteiger partial charge in [0.25, 0.3) is 0 Å². The van der Waals surface area contributed by atoms with Crippen molar-refractivity contribution in [2.24, 2.45) is 17.8 Å². The Hall–Kier alpha value is -0.260. The fraction of sp³-hybridized carbons (Fsp3) is 0.818. The van der Waals surface area contributed by atoms with Crippen molar-refractivity contribution in [3.8, 4) is 0 Å². The second kappa shape index (κ2) is 2.66. The molecule has 0 aliphatic heterocycles. The van der Waals surface area contributed by atoms with E-state index < -0.39 is 0 Å². The summed E-state index contributed by atoms with van der Waals surface area (Å²) in [7, 11) is 0. The molecule has 0 aromatic heterocycles. The molecule has 0 heteroatoms. The number of allylic oxidation sites excluding steroid dienone is 1. The molecule has 0 aromatic rings. The van der Waals surface area contributed by atoms with E-state index in [9.17, 15) is 0 Å². The van der Waals surface area contributed by atoms with Crippen LogP contribution in [-0.2, 0) is 0 Å². The van der Waals surface area contributed by atoms with Gasteiger partial charge in [-0.05, 0) is 37.0 Å². The molecular formula is C11H18. The Morgan fingerprint density at radius 1 is 1.27 bits per heavy atom.